The van der Waals surface area contributed by atoms with Crippen LogP contribution in [0.5, 0.6) is 5.75 Å². The maximum absolute atomic E-state index is 9.80. The summed E-state index contributed by atoms with van der Waals surface area (Å²) in [6.45, 7) is 0. The van der Waals surface area contributed by atoms with E-state index in [9.17, 15) is 5.11 Å². The number of aromatic amines is 1. The monoisotopic (exact) mass is 268 g/mol. The van der Waals surface area contributed by atoms with E-state index in [0.717, 1.165) is 22.7 Å². The number of phenolic OH excluding ortho intramolecular Hbond substituents is 1. The molecule has 5 heteroatoms. The first kappa shape index (κ1) is 12.5. The van der Waals surface area contributed by atoms with Crippen LogP contribution in [-0.4, -0.2) is 34.2 Å². The van der Waals surface area contributed by atoms with Crippen molar-refractivity contribution in [1.29, 1.82) is 0 Å². The first-order chi connectivity index (χ1) is 9.63. The second-order valence-corrected chi connectivity index (χ2v) is 4.92. The molecule has 0 saturated carbocycles. The molecule has 2 heterocycles. The van der Waals surface area contributed by atoms with Crippen molar-refractivity contribution < 1.29 is 5.11 Å². The van der Waals surface area contributed by atoms with Gasteiger partial charge in [0.25, 0.3) is 0 Å². The van der Waals surface area contributed by atoms with Gasteiger partial charge in [0.15, 0.2) is 5.65 Å². The van der Waals surface area contributed by atoms with E-state index >= 15 is 0 Å². The van der Waals surface area contributed by atoms with Gasteiger partial charge in [0.05, 0.1) is 5.52 Å². The second-order valence-electron chi connectivity index (χ2n) is 4.92. The molecular formula is C15H16N4O. The predicted molar refractivity (Wildman–Crippen MR) is 79.1 cm³/mol. The third-order valence-corrected chi connectivity index (χ3v) is 3.19. The average molecular weight is 268 g/mol. The Morgan fingerprint density at radius 2 is 1.90 bits per heavy atom. The van der Waals surface area contributed by atoms with Crippen LogP contribution >= 0.6 is 0 Å². The SMILES string of the molecule is CN(C)c1ccc2[nH]c(Cc3ccccc3O)nc2n1. The molecule has 0 amide bonds. The minimum atomic E-state index is 0.287. The van der Waals surface area contributed by atoms with E-state index in [4.69, 9.17) is 0 Å². The highest BCUT2D eigenvalue weighted by molar-refractivity contribution is 5.73. The van der Waals surface area contributed by atoms with Gasteiger partial charge in [-0.2, -0.15) is 0 Å². The number of rotatable bonds is 3. The Hall–Kier alpha value is -2.56. The van der Waals surface area contributed by atoms with Crippen LogP contribution in [0.4, 0.5) is 5.82 Å². The van der Waals surface area contributed by atoms with E-state index in [1.165, 1.54) is 0 Å². The molecule has 0 aliphatic carbocycles. The van der Waals surface area contributed by atoms with Gasteiger partial charge in [-0.05, 0) is 18.2 Å². The summed E-state index contributed by atoms with van der Waals surface area (Å²) >= 11 is 0. The van der Waals surface area contributed by atoms with Gasteiger partial charge >= 0.3 is 0 Å². The molecule has 0 radical (unpaired) electrons. The van der Waals surface area contributed by atoms with Gasteiger partial charge in [-0.1, -0.05) is 18.2 Å². The van der Waals surface area contributed by atoms with E-state index in [2.05, 4.69) is 15.0 Å². The summed E-state index contributed by atoms with van der Waals surface area (Å²) in [6, 6.07) is 11.2. The van der Waals surface area contributed by atoms with E-state index in [-0.39, 0.29) is 5.75 Å². The molecule has 0 unspecified atom stereocenters. The van der Waals surface area contributed by atoms with E-state index in [1.54, 1.807) is 6.07 Å². The first-order valence-corrected chi connectivity index (χ1v) is 6.43. The summed E-state index contributed by atoms with van der Waals surface area (Å²) in [7, 11) is 3.90. The van der Waals surface area contributed by atoms with E-state index < -0.39 is 0 Å². The number of H-pyrrole nitrogens is 1. The molecule has 0 fully saturated rings. The van der Waals surface area contributed by atoms with Gasteiger partial charge < -0.3 is 15.0 Å². The van der Waals surface area contributed by atoms with Crippen LogP contribution < -0.4 is 4.90 Å². The summed E-state index contributed by atoms with van der Waals surface area (Å²) in [5.74, 6) is 1.96. The fraction of sp³-hybridized carbons (Fsp3) is 0.200. The summed E-state index contributed by atoms with van der Waals surface area (Å²) in [6.07, 6.45) is 0.556. The number of phenols is 1. The van der Waals surface area contributed by atoms with Crippen molar-refractivity contribution in [2.75, 3.05) is 19.0 Å². The van der Waals surface area contributed by atoms with Crippen LogP contribution in [0.3, 0.4) is 0 Å². The van der Waals surface area contributed by atoms with Gasteiger partial charge in [0, 0.05) is 26.1 Å². The number of anilines is 1. The molecule has 0 saturated heterocycles. The number of aromatic nitrogens is 3. The lowest BCUT2D eigenvalue weighted by Crippen LogP contribution is -2.10. The lowest BCUT2D eigenvalue weighted by Gasteiger charge is -2.09. The molecule has 102 valence electrons. The summed E-state index contributed by atoms with van der Waals surface area (Å²) in [5, 5.41) is 9.80. The minimum Gasteiger partial charge on any atom is -0.508 e. The fourth-order valence-corrected chi connectivity index (χ4v) is 2.11. The molecule has 3 aromatic rings. The average Bonchev–Trinajstić information content (AvgIpc) is 2.82. The molecule has 5 nitrogen and oxygen atoms in total. The topological polar surface area (TPSA) is 65.0 Å². The van der Waals surface area contributed by atoms with E-state index in [0.29, 0.717) is 12.1 Å². The molecular weight excluding hydrogens is 252 g/mol. The predicted octanol–water partition coefficient (Wildman–Crippen LogP) is 2.32. The highest BCUT2D eigenvalue weighted by Crippen LogP contribution is 2.20. The van der Waals surface area contributed by atoms with Crippen LogP contribution in [0.1, 0.15) is 11.4 Å². The Labute approximate surface area is 116 Å². The molecule has 0 bridgehead atoms. The Morgan fingerprint density at radius 1 is 1.10 bits per heavy atom. The van der Waals surface area contributed by atoms with Crippen molar-refractivity contribution >= 4 is 17.0 Å². The molecule has 0 atom stereocenters. The minimum absolute atomic E-state index is 0.287. The van der Waals surface area contributed by atoms with Crippen LogP contribution in [0.15, 0.2) is 36.4 Å². The van der Waals surface area contributed by atoms with Crippen molar-refractivity contribution in [2.45, 2.75) is 6.42 Å². The number of nitrogens with one attached hydrogen (secondary N) is 1. The highest BCUT2D eigenvalue weighted by Gasteiger charge is 2.08. The Bertz CT molecular complexity index is 748. The molecule has 0 spiro atoms. The molecule has 2 N–H and O–H groups in total. The van der Waals surface area contributed by atoms with Crippen molar-refractivity contribution in [1.82, 2.24) is 15.0 Å². The number of pyridine rings is 1. The fourth-order valence-electron chi connectivity index (χ4n) is 2.11. The summed E-state index contributed by atoms with van der Waals surface area (Å²) in [4.78, 5) is 14.1. The summed E-state index contributed by atoms with van der Waals surface area (Å²) in [5.41, 5.74) is 2.45. The number of nitrogens with zero attached hydrogens (tertiary/aromatic N) is 3. The highest BCUT2D eigenvalue weighted by atomic mass is 16.3. The molecule has 3 rings (SSSR count). The van der Waals surface area contributed by atoms with Gasteiger partial charge in [-0.15, -0.1) is 0 Å². The van der Waals surface area contributed by atoms with Gasteiger partial charge in [0.2, 0.25) is 0 Å². The van der Waals surface area contributed by atoms with Crippen LogP contribution in [0.25, 0.3) is 11.2 Å². The normalized spacial score (nSPS) is 10.9. The maximum atomic E-state index is 9.80. The number of fused-ring (bicyclic) bond motifs is 1. The van der Waals surface area contributed by atoms with Gasteiger partial charge in [-0.3, -0.25) is 0 Å². The molecule has 1 aromatic carbocycles. The van der Waals surface area contributed by atoms with Crippen molar-refractivity contribution in [2.24, 2.45) is 0 Å². The zero-order valence-corrected chi connectivity index (χ0v) is 11.5. The lowest BCUT2D eigenvalue weighted by molar-refractivity contribution is 0.469. The van der Waals surface area contributed by atoms with Gasteiger partial charge in [0.1, 0.15) is 17.4 Å². The van der Waals surface area contributed by atoms with E-state index in [1.807, 2.05) is 49.3 Å². The van der Waals surface area contributed by atoms with Crippen LogP contribution in [0.2, 0.25) is 0 Å². The Morgan fingerprint density at radius 3 is 2.65 bits per heavy atom. The number of imidazole rings is 1. The Kier molecular flexibility index (Phi) is 3.02. The smallest absolute Gasteiger partial charge is 0.179 e. The largest absolute Gasteiger partial charge is 0.508 e. The molecule has 20 heavy (non-hydrogen) atoms. The zero-order valence-electron chi connectivity index (χ0n) is 11.5. The van der Waals surface area contributed by atoms with Crippen molar-refractivity contribution in [3.8, 4) is 5.75 Å². The van der Waals surface area contributed by atoms with Gasteiger partial charge in [-0.25, -0.2) is 9.97 Å². The van der Waals surface area contributed by atoms with Crippen molar-refractivity contribution in [3.63, 3.8) is 0 Å². The number of para-hydroxylation sites is 1. The maximum Gasteiger partial charge on any atom is 0.179 e. The standard InChI is InChI=1S/C15H16N4O/c1-19(2)14-8-7-11-15(18-14)17-13(16-11)9-10-5-3-4-6-12(10)20/h3-8,20H,9H2,1-2H3,(H,16,17,18). The van der Waals surface area contributed by atoms with Crippen LogP contribution in [-0.2, 0) is 6.42 Å². The molecule has 2 aromatic heterocycles. The summed E-state index contributed by atoms with van der Waals surface area (Å²) < 4.78 is 0. The molecule has 0 aliphatic rings. The number of aromatic hydroxyl groups is 1. The quantitative estimate of drug-likeness (QED) is 0.765. The Balaban J connectivity index is 1.95. The van der Waals surface area contributed by atoms with Crippen LogP contribution in [0, 0.1) is 0 Å². The third kappa shape index (κ3) is 2.30. The lowest BCUT2D eigenvalue weighted by atomic mass is 10.1. The number of hydrogen-bond acceptors (Lipinski definition) is 4. The second kappa shape index (κ2) is 4.85. The molecule has 0 aliphatic heterocycles. The first-order valence-electron chi connectivity index (χ1n) is 6.43. The third-order valence-electron chi connectivity index (χ3n) is 3.19. The zero-order chi connectivity index (χ0) is 14.1. The number of benzene rings is 1. The number of hydrogen-bond donors (Lipinski definition) is 2. The van der Waals surface area contributed by atoms with Crippen molar-refractivity contribution in [3.05, 3.63) is 47.8 Å².